The number of nitrogens with zero attached hydrogens (tertiary/aromatic N) is 3. The zero-order valence-corrected chi connectivity index (χ0v) is 5.97. The molecule has 0 aliphatic rings. The summed E-state index contributed by atoms with van der Waals surface area (Å²) in [5.41, 5.74) is 4.21. The van der Waals surface area contributed by atoms with Crippen molar-refractivity contribution in [2.75, 3.05) is 12.3 Å². The lowest BCUT2D eigenvalue weighted by atomic mass is 10.6. The van der Waals surface area contributed by atoms with E-state index in [0.717, 1.165) is 6.33 Å². The Morgan fingerprint density at radius 3 is 2.92 bits per heavy atom. The fraction of sp³-hybridized carbons (Fsp3) is 0.200. The molecular formula is C5H6N4O3. The van der Waals surface area contributed by atoms with E-state index in [9.17, 15) is 9.59 Å². The molecule has 0 radical (unpaired) electrons. The van der Waals surface area contributed by atoms with Crippen LogP contribution in [0.1, 0.15) is 4.79 Å². The van der Waals surface area contributed by atoms with Gasteiger partial charge in [-0.2, -0.15) is 4.98 Å². The first kappa shape index (κ1) is 8.34. The standard InChI is InChI=1S/C5H6N4O3/c6-4-7-2-9(3(11)1-10)5(12)8-4/h2,10H,1H2,(H2,6,8,12). The summed E-state index contributed by atoms with van der Waals surface area (Å²) in [6, 6.07) is 0. The quantitative estimate of drug-likeness (QED) is 0.497. The van der Waals surface area contributed by atoms with Crippen LogP contribution in [0, 0.1) is 0 Å². The highest BCUT2D eigenvalue weighted by Crippen LogP contribution is 1.81. The molecule has 0 aliphatic heterocycles. The van der Waals surface area contributed by atoms with E-state index in [0.29, 0.717) is 4.57 Å². The lowest BCUT2D eigenvalue weighted by Crippen LogP contribution is -2.31. The minimum absolute atomic E-state index is 0.206. The molecule has 1 aromatic rings. The van der Waals surface area contributed by atoms with E-state index in [-0.39, 0.29) is 5.95 Å². The summed E-state index contributed by atoms with van der Waals surface area (Å²) in [6.45, 7) is -0.771. The highest BCUT2D eigenvalue weighted by molar-refractivity contribution is 5.79. The molecule has 0 aliphatic carbocycles. The molecule has 1 heterocycles. The maximum absolute atomic E-state index is 10.8. The van der Waals surface area contributed by atoms with E-state index in [4.69, 9.17) is 10.8 Å². The first-order valence-electron chi connectivity index (χ1n) is 3.00. The van der Waals surface area contributed by atoms with Crippen LogP contribution in [0.2, 0.25) is 0 Å². The van der Waals surface area contributed by atoms with Crippen LogP contribution in [0.15, 0.2) is 11.1 Å². The minimum Gasteiger partial charge on any atom is -0.387 e. The maximum Gasteiger partial charge on any atom is 0.358 e. The van der Waals surface area contributed by atoms with Gasteiger partial charge in [-0.3, -0.25) is 4.79 Å². The molecule has 1 aromatic heterocycles. The molecule has 3 N–H and O–H groups in total. The van der Waals surface area contributed by atoms with E-state index in [1.807, 2.05) is 0 Å². The Hall–Kier alpha value is -1.76. The van der Waals surface area contributed by atoms with E-state index >= 15 is 0 Å². The number of hydrogen-bond donors (Lipinski definition) is 2. The van der Waals surface area contributed by atoms with Gasteiger partial charge in [-0.1, -0.05) is 0 Å². The van der Waals surface area contributed by atoms with E-state index in [2.05, 4.69) is 9.97 Å². The molecule has 7 heteroatoms. The third-order valence-electron chi connectivity index (χ3n) is 1.13. The molecule has 7 nitrogen and oxygen atoms in total. The maximum atomic E-state index is 10.8. The zero-order chi connectivity index (χ0) is 9.14. The highest BCUT2D eigenvalue weighted by atomic mass is 16.3. The first-order valence-corrected chi connectivity index (χ1v) is 3.00. The minimum atomic E-state index is -0.846. The SMILES string of the molecule is Nc1ncn(C(=O)CO)c(=O)n1. The number of nitrogen functional groups attached to an aromatic ring is 1. The number of anilines is 1. The number of aliphatic hydroxyl groups is 1. The number of carbonyl (C=O) groups excluding carboxylic acids is 1. The second-order valence-electron chi connectivity index (χ2n) is 1.92. The number of carbonyl (C=O) groups is 1. The summed E-state index contributed by atoms with van der Waals surface area (Å²) in [5.74, 6) is -0.998. The summed E-state index contributed by atoms with van der Waals surface area (Å²) in [5, 5.41) is 8.39. The van der Waals surface area contributed by atoms with Gasteiger partial charge in [-0.15, -0.1) is 0 Å². The van der Waals surface area contributed by atoms with Crippen molar-refractivity contribution >= 4 is 11.9 Å². The number of aliphatic hydroxyl groups excluding tert-OH is 1. The topological polar surface area (TPSA) is 111 Å². The molecule has 0 unspecified atom stereocenters. The molecule has 0 spiro atoms. The van der Waals surface area contributed by atoms with Gasteiger partial charge in [0.1, 0.15) is 12.9 Å². The predicted octanol–water partition coefficient (Wildman–Crippen LogP) is -2.15. The Balaban J connectivity index is 3.19. The van der Waals surface area contributed by atoms with Gasteiger partial charge >= 0.3 is 5.69 Å². The van der Waals surface area contributed by atoms with Crippen molar-refractivity contribution in [3.05, 3.63) is 16.8 Å². The van der Waals surface area contributed by atoms with Gasteiger partial charge in [-0.05, 0) is 0 Å². The molecule has 0 bridgehead atoms. The number of rotatable bonds is 1. The van der Waals surface area contributed by atoms with Crippen molar-refractivity contribution in [2.45, 2.75) is 0 Å². The Labute approximate surface area is 66.5 Å². The van der Waals surface area contributed by atoms with Gasteiger partial charge in [0.2, 0.25) is 5.95 Å². The normalized spacial score (nSPS) is 9.75. The lowest BCUT2D eigenvalue weighted by Gasteiger charge is -1.98. The van der Waals surface area contributed by atoms with Crippen LogP contribution in [0.25, 0.3) is 0 Å². The fourth-order valence-electron chi connectivity index (χ4n) is 0.594. The van der Waals surface area contributed by atoms with Gasteiger partial charge in [0, 0.05) is 0 Å². The fourth-order valence-corrected chi connectivity index (χ4v) is 0.594. The van der Waals surface area contributed by atoms with E-state index < -0.39 is 18.2 Å². The van der Waals surface area contributed by atoms with Crippen molar-refractivity contribution < 1.29 is 9.90 Å². The molecule has 12 heavy (non-hydrogen) atoms. The highest BCUT2D eigenvalue weighted by Gasteiger charge is 2.05. The van der Waals surface area contributed by atoms with Crippen molar-refractivity contribution in [3.63, 3.8) is 0 Å². The second-order valence-corrected chi connectivity index (χ2v) is 1.92. The second kappa shape index (κ2) is 3.09. The van der Waals surface area contributed by atoms with Crippen LogP contribution >= 0.6 is 0 Å². The van der Waals surface area contributed by atoms with Crippen LogP contribution in [0.5, 0.6) is 0 Å². The van der Waals surface area contributed by atoms with Crippen molar-refractivity contribution in [2.24, 2.45) is 0 Å². The summed E-state index contributed by atoms with van der Waals surface area (Å²) < 4.78 is 0.580. The van der Waals surface area contributed by atoms with Gasteiger partial charge in [0.15, 0.2) is 0 Å². The number of hydrogen-bond acceptors (Lipinski definition) is 6. The lowest BCUT2D eigenvalue weighted by molar-refractivity contribution is 0.0811. The largest absolute Gasteiger partial charge is 0.387 e. The van der Waals surface area contributed by atoms with Crippen molar-refractivity contribution in [1.82, 2.24) is 14.5 Å². The molecule has 64 valence electrons. The summed E-state index contributed by atoms with van der Waals surface area (Å²) in [7, 11) is 0. The van der Waals surface area contributed by atoms with Crippen LogP contribution in [-0.2, 0) is 0 Å². The van der Waals surface area contributed by atoms with Crippen molar-refractivity contribution in [3.8, 4) is 0 Å². The molecule has 0 fully saturated rings. The smallest absolute Gasteiger partial charge is 0.358 e. The van der Waals surface area contributed by atoms with Gasteiger partial charge in [0.05, 0.1) is 0 Å². The van der Waals surface area contributed by atoms with E-state index in [1.54, 1.807) is 0 Å². The molecule has 0 saturated carbocycles. The number of nitrogens with two attached hydrogens (primary N) is 1. The molecular weight excluding hydrogens is 164 g/mol. The molecule has 0 aromatic carbocycles. The molecule has 1 rings (SSSR count). The Morgan fingerprint density at radius 1 is 1.75 bits per heavy atom. The van der Waals surface area contributed by atoms with Gasteiger partial charge in [0.25, 0.3) is 5.91 Å². The van der Waals surface area contributed by atoms with Crippen molar-refractivity contribution in [1.29, 1.82) is 0 Å². The first-order chi connectivity index (χ1) is 5.65. The van der Waals surface area contributed by atoms with Gasteiger partial charge < -0.3 is 10.8 Å². The van der Waals surface area contributed by atoms with E-state index in [1.165, 1.54) is 0 Å². The third-order valence-corrected chi connectivity index (χ3v) is 1.13. The van der Waals surface area contributed by atoms with Crippen LogP contribution < -0.4 is 11.4 Å². The summed E-state index contributed by atoms with van der Waals surface area (Å²) in [6.07, 6.45) is 0.920. The molecule has 0 atom stereocenters. The predicted molar refractivity (Wildman–Crippen MR) is 38.4 cm³/mol. The van der Waals surface area contributed by atoms with Crippen LogP contribution in [0.4, 0.5) is 5.95 Å². The number of aromatic nitrogens is 3. The van der Waals surface area contributed by atoms with Gasteiger partial charge in [-0.25, -0.2) is 14.3 Å². The van der Waals surface area contributed by atoms with Crippen LogP contribution in [0.3, 0.4) is 0 Å². The Kier molecular flexibility index (Phi) is 2.15. The average molecular weight is 170 g/mol. The van der Waals surface area contributed by atoms with Crippen LogP contribution in [-0.4, -0.2) is 32.2 Å². The molecule has 0 saturated heterocycles. The monoisotopic (exact) mass is 170 g/mol. The zero-order valence-electron chi connectivity index (χ0n) is 5.97. The molecule has 0 amide bonds. The summed E-state index contributed by atoms with van der Waals surface area (Å²) >= 11 is 0. The third kappa shape index (κ3) is 1.45. The Morgan fingerprint density at radius 2 is 2.42 bits per heavy atom. The Bertz CT molecular complexity index is 358. The average Bonchev–Trinajstić information content (AvgIpc) is 2.03. The summed E-state index contributed by atoms with van der Waals surface area (Å²) in [4.78, 5) is 28.2.